The Bertz CT molecular complexity index is 436. The van der Waals surface area contributed by atoms with Gasteiger partial charge in [-0.3, -0.25) is 4.79 Å². The first-order valence-electron chi connectivity index (χ1n) is 6.03. The van der Waals surface area contributed by atoms with Crippen LogP contribution in [0.3, 0.4) is 0 Å². The second kappa shape index (κ2) is 6.24. The number of amides is 1. The molecular formula is C12H16Cl2N2OS. The molecular weight excluding hydrogens is 291 g/mol. The predicted molar refractivity (Wildman–Crippen MR) is 76.4 cm³/mol. The number of carbonyl (C=O) groups is 1. The van der Waals surface area contributed by atoms with Gasteiger partial charge >= 0.3 is 0 Å². The lowest BCUT2D eigenvalue weighted by molar-refractivity contribution is -0.130. The highest BCUT2D eigenvalue weighted by Crippen LogP contribution is 2.32. The van der Waals surface area contributed by atoms with Crippen LogP contribution in [-0.2, 0) is 11.2 Å². The van der Waals surface area contributed by atoms with Crippen molar-refractivity contribution in [2.75, 3.05) is 13.1 Å². The molecule has 100 valence electrons. The molecule has 1 aliphatic rings. The Morgan fingerprint density at radius 3 is 2.89 bits per heavy atom. The highest BCUT2D eigenvalue weighted by Gasteiger charge is 2.22. The van der Waals surface area contributed by atoms with Gasteiger partial charge in [0.1, 0.15) is 0 Å². The number of carbonyl (C=O) groups excluding carboxylic acids is 1. The molecule has 1 aromatic heterocycles. The van der Waals surface area contributed by atoms with Crippen LogP contribution in [0.2, 0.25) is 8.67 Å². The molecule has 1 aromatic rings. The third kappa shape index (κ3) is 3.60. The Morgan fingerprint density at radius 1 is 1.56 bits per heavy atom. The number of aryl methyl sites for hydroxylation is 1. The average molecular weight is 307 g/mol. The van der Waals surface area contributed by atoms with Gasteiger partial charge in [0.2, 0.25) is 5.91 Å². The van der Waals surface area contributed by atoms with Gasteiger partial charge in [0.05, 0.1) is 8.67 Å². The Hall–Kier alpha value is -0.290. The van der Waals surface area contributed by atoms with Crippen molar-refractivity contribution >= 4 is 40.4 Å². The zero-order valence-corrected chi connectivity index (χ0v) is 12.3. The molecule has 1 aliphatic heterocycles. The molecule has 0 bridgehead atoms. The van der Waals surface area contributed by atoms with Crippen LogP contribution in [0.15, 0.2) is 6.07 Å². The SMILES string of the molecule is N[C@H]1CCN(C(=O)CCCc2cc(Cl)sc2Cl)C1. The monoisotopic (exact) mass is 306 g/mol. The van der Waals surface area contributed by atoms with Crippen LogP contribution in [0.25, 0.3) is 0 Å². The van der Waals surface area contributed by atoms with Gasteiger partial charge in [-0.05, 0) is 30.9 Å². The molecule has 1 amide bonds. The first-order chi connectivity index (χ1) is 8.56. The standard InChI is InChI=1S/C12H16Cl2N2OS/c13-10-6-8(12(14)18-10)2-1-3-11(17)16-5-4-9(15)7-16/h6,9H,1-5,7,15H2/t9-/m0/s1. The number of halogens is 2. The van der Waals surface area contributed by atoms with E-state index in [9.17, 15) is 4.79 Å². The molecule has 2 heterocycles. The van der Waals surface area contributed by atoms with Crippen molar-refractivity contribution in [2.45, 2.75) is 31.7 Å². The van der Waals surface area contributed by atoms with E-state index in [-0.39, 0.29) is 11.9 Å². The van der Waals surface area contributed by atoms with Gasteiger partial charge in [0, 0.05) is 25.6 Å². The molecule has 18 heavy (non-hydrogen) atoms. The van der Waals surface area contributed by atoms with E-state index < -0.39 is 0 Å². The number of hydrogen-bond donors (Lipinski definition) is 1. The second-order valence-electron chi connectivity index (χ2n) is 4.59. The van der Waals surface area contributed by atoms with Gasteiger partial charge in [-0.1, -0.05) is 23.2 Å². The predicted octanol–water partition coefficient (Wildman–Crippen LogP) is 2.94. The Labute approximate surface area is 121 Å². The molecule has 0 spiro atoms. The number of rotatable bonds is 4. The highest BCUT2D eigenvalue weighted by atomic mass is 35.5. The fourth-order valence-electron chi connectivity index (χ4n) is 2.15. The highest BCUT2D eigenvalue weighted by molar-refractivity contribution is 7.20. The summed E-state index contributed by atoms with van der Waals surface area (Å²) in [6, 6.07) is 2.03. The summed E-state index contributed by atoms with van der Waals surface area (Å²) in [4.78, 5) is 13.7. The number of nitrogens with zero attached hydrogens (tertiary/aromatic N) is 1. The summed E-state index contributed by atoms with van der Waals surface area (Å²) in [5.41, 5.74) is 6.82. The van der Waals surface area contributed by atoms with Crippen LogP contribution in [0.5, 0.6) is 0 Å². The molecule has 0 unspecified atom stereocenters. The van der Waals surface area contributed by atoms with E-state index in [0.717, 1.165) is 35.7 Å². The summed E-state index contributed by atoms with van der Waals surface area (Å²) in [7, 11) is 0. The molecule has 0 aliphatic carbocycles. The van der Waals surface area contributed by atoms with Crippen LogP contribution in [0.1, 0.15) is 24.8 Å². The molecule has 2 rings (SSSR count). The fourth-order valence-corrected chi connectivity index (χ4v) is 3.69. The Morgan fingerprint density at radius 2 is 2.33 bits per heavy atom. The smallest absolute Gasteiger partial charge is 0.222 e. The maximum atomic E-state index is 11.9. The Balaban J connectivity index is 1.75. The zero-order chi connectivity index (χ0) is 13.1. The van der Waals surface area contributed by atoms with Gasteiger partial charge < -0.3 is 10.6 Å². The minimum Gasteiger partial charge on any atom is -0.341 e. The third-order valence-electron chi connectivity index (χ3n) is 3.14. The van der Waals surface area contributed by atoms with Crippen molar-refractivity contribution in [3.63, 3.8) is 0 Å². The van der Waals surface area contributed by atoms with Gasteiger partial charge in [0.25, 0.3) is 0 Å². The minimum atomic E-state index is 0.152. The molecule has 1 fully saturated rings. The van der Waals surface area contributed by atoms with E-state index in [2.05, 4.69) is 0 Å². The molecule has 1 atom stereocenters. The summed E-state index contributed by atoms with van der Waals surface area (Å²) < 4.78 is 1.43. The molecule has 0 aromatic carbocycles. The number of thiophene rings is 1. The van der Waals surface area contributed by atoms with E-state index in [1.165, 1.54) is 11.3 Å². The van der Waals surface area contributed by atoms with E-state index in [0.29, 0.717) is 17.3 Å². The van der Waals surface area contributed by atoms with Crippen molar-refractivity contribution in [3.05, 3.63) is 20.3 Å². The van der Waals surface area contributed by atoms with Crippen LogP contribution in [0.4, 0.5) is 0 Å². The van der Waals surface area contributed by atoms with E-state index in [4.69, 9.17) is 28.9 Å². The maximum absolute atomic E-state index is 11.9. The first kappa shape index (κ1) is 14.1. The van der Waals surface area contributed by atoms with Gasteiger partial charge in [-0.25, -0.2) is 0 Å². The lowest BCUT2D eigenvalue weighted by atomic mass is 10.1. The molecule has 0 radical (unpaired) electrons. The summed E-state index contributed by atoms with van der Waals surface area (Å²) in [6.07, 6.45) is 3.07. The van der Waals surface area contributed by atoms with Crippen molar-refractivity contribution in [1.29, 1.82) is 0 Å². The Kier molecular flexibility index (Phi) is 4.90. The largest absolute Gasteiger partial charge is 0.341 e. The quantitative estimate of drug-likeness (QED) is 0.929. The number of likely N-dealkylation sites (tertiary alicyclic amines) is 1. The fraction of sp³-hybridized carbons (Fsp3) is 0.583. The van der Waals surface area contributed by atoms with E-state index >= 15 is 0 Å². The van der Waals surface area contributed by atoms with Crippen LogP contribution in [0, 0.1) is 0 Å². The van der Waals surface area contributed by atoms with Gasteiger partial charge in [-0.2, -0.15) is 0 Å². The lowest BCUT2D eigenvalue weighted by Crippen LogP contribution is -2.31. The number of nitrogens with two attached hydrogens (primary N) is 1. The normalized spacial score (nSPS) is 19.5. The molecule has 6 heteroatoms. The summed E-state index contributed by atoms with van der Waals surface area (Å²) in [5, 5.41) is 0. The number of hydrogen-bond acceptors (Lipinski definition) is 3. The van der Waals surface area contributed by atoms with Gasteiger partial charge in [0.15, 0.2) is 0 Å². The lowest BCUT2D eigenvalue weighted by Gasteiger charge is -2.15. The molecule has 2 N–H and O–H groups in total. The minimum absolute atomic E-state index is 0.152. The van der Waals surface area contributed by atoms with Crippen molar-refractivity contribution in [3.8, 4) is 0 Å². The zero-order valence-electron chi connectivity index (χ0n) is 9.99. The van der Waals surface area contributed by atoms with Crippen LogP contribution in [-0.4, -0.2) is 29.9 Å². The van der Waals surface area contributed by atoms with Crippen LogP contribution >= 0.6 is 34.5 Å². The van der Waals surface area contributed by atoms with Crippen LogP contribution < -0.4 is 5.73 Å². The van der Waals surface area contributed by atoms with Crippen molar-refractivity contribution < 1.29 is 4.79 Å². The maximum Gasteiger partial charge on any atom is 0.222 e. The second-order valence-corrected chi connectivity index (χ2v) is 6.88. The van der Waals surface area contributed by atoms with E-state index in [1.54, 1.807) is 0 Å². The summed E-state index contributed by atoms with van der Waals surface area (Å²) in [6.45, 7) is 1.49. The van der Waals surface area contributed by atoms with Crippen molar-refractivity contribution in [2.24, 2.45) is 5.73 Å². The van der Waals surface area contributed by atoms with Gasteiger partial charge in [-0.15, -0.1) is 11.3 Å². The van der Waals surface area contributed by atoms with Crippen molar-refractivity contribution in [1.82, 2.24) is 4.90 Å². The van der Waals surface area contributed by atoms with E-state index in [1.807, 2.05) is 11.0 Å². The first-order valence-corrected chi connectivity index (χ1v) is 7.60. The molecule has 1 saturated heterocycles. The molecule has 0 saturated carbocycles. The third-order valence-corrected chi connectivity index (χ3v) is 4.71. The summed E-state index contributed by atoms with van der Waals surface area (Å²) in [5.74, 6) is 0.195. The summed E-state index contributed by atoms with van der Waals surface area (Å²) >= 11 is 13.3. The average Bonchev–Trinajstić information content (AvgIpc) is 2.86. The topological polar surface area (TPSA) is 46.3 Å². The molecule has 3 nitrogen and oxygen atoms in total.